The van der Waals surface area contributed by atoms with Gasteiger partial charge in [-0.15, -0.1) is 0 Å². The molecule has 70 valence electrons. The van der Waals surface area contributed by atoms with Crippen LogP contribution in [0.2, 0.25) is 0 Å². The van der Waals surface area contributed by atoms with Gasteiger partial charge in [0.2, 0.25) is 0 Å². The van der Waals surface area contributed by atoms with Crippen molar-refractivity contribution in [3.63, 3.8) is 0 Å². The van der Waals surface area contributed by atoms with Gasteiger partial charge in [0, 0.05) is 12.4 Å². The summed E-state index contributed by atoms with van der Waals surface area (Å²) in [4.78, 5) is 0. The first-order valence-corrected chi connectivity index (χ1v) is 4.19. The molecule has 1 rings (SSSR count). The SMILES string of the molecule is C/C=C\C(=N)n1cc(C)c(CO)c1. The number of aliphatic hydroxyl groups excluding tert-OH is 1. The van der Waals surface area contributed by atoms with Crippen molar-refractivity contribution >= 4 is 5.84 Å². The molecular formula is C10H14N2O. The van der Waals surface area contributed by atoms with E-state index in [1.165, 1.54) is 0 Å². The second kappa shape index (κ2) is 4.05. The zero-order valence-corrected chi connectivity index (χ0v) is 7.91. The van der Waals surface area contributed by atoms with E-state index in [0.29, 0.717) is 5.84 Å². The molecule has 0 unspecified atom stereocenters. The zero-order valence-electron chi connectivity index (χ0n) is 7.91. The predicted molar refractivity (Wildman–Crippen MR) is 53.0 cm³/mol. The molecule has 1 aromatic heterocycles. The summed E-state index contributed by atoms with van der Waals surface area (Å²) >= 11 is 0. The number of hydrogen-bond donors (Lipinski definition) is 2. The Bertz CT molecular complexity index is 337. The van der Waals surface area contributed by atoms with Gasteiger partial charge in [-0.1, -0.05) is 6.08 Å². The van der Waals surface area contributed by atoms with Gasteiger partial charge in [-0.2, -0.15) is 0 Å². The van der Waals surface area contributed by atoms with E-state index >= 15 is 0 Å². The standard InChI is InChI=1S/C10H14N2O/c1-3-4-10(11)12-5-8(2)9(6-12)7-13/h3-6,11,13H,7H2,1-2H3/b4-3-,11-10?. The summed E-state index contributed by atoms with van der Waals surface area (Å²) in [5.74, 6) is 0.408. The van der Waals surface area contributed by atoms with Gasteiger partial charge in [-0.05, 0) is 31.1 Å². The number of allylic oxidation sites excluding steroid dienone is 2. The van der Waals surface area contributed by atoms with Gasteiger partial charge in [0.15, 0.2) is 0 Å². The van der Waals surface area contributed by atoms with E-state index in [9.17, 15) is 0 Å². The largest absolute Gasteiger partial charge is 0.392 e. The van der Waals surface area contributed by atoms with Crippen molar-refractivity contribution in [3.8, 4) is 0 Å². The lowest BCUT2D eigenvalue weighted by Crippen LogP contribution is -2.03. The van der Waals surface area contributed by atoms with Crippen LogP contribution in [0, 0.1) is 12.3 Å². The van der Waals surface area contributed by atoms with Gasteiger partial charge in [0.25, 0.3) is 0 Å². The van der Waals surface area contributed by atoms with Crippen molar-refractivity contribution in [2.45, 2.75) is 20.5 Å². The monoisotopic (exact) mass is 178 g/mol. The predicted octanol–water partition coefficient (Wildman–Crippen LogP) is 1.69. The van der Waals surface area contributed by atoms with Crippen LogP contribution in [0.1, 0.15) is 18.1 Å². The van der Waals surface area contributed by atoms with Crippen molar-refractivity contribution in [1.29, 1.82) is 5.41 Å². The molecule has 0 saturated carbocycles. The fourth-order valence-electron chi connectivity index (χ4n) is 1.15. The van der Waals surface area contributed by atoms with Crippen LogP contribution >= 0.6 is 0 Å². The summed E-state index contributed by atoms with van der Waals surface area (Å²) in [7, 11) is 0. The summed E-state index contributed by atoms with van der Waals surface area (Å²) in [5, 5.41) is 16.6. The Balaban J connectivity index is 2.96. The van der Waals surface area contributed by atoms with Crippen LogP contribution in [-0.2, 0) is 6.61 Å². The maximum absolute atomic E-state index is 8.94. The molecule has 1 aromatic rings. The molecule has 3 nitrogen and oxygen atoms in total. The molecule has 0 aliphatic rings. The number of rotatable bonds is 2. The molecule has 0 amide bonds. The average molecular weight is 178 g/mol. The van der Waals surface area contributed by atoms with Crippen LogP contribution in [0.15, 0.2) is 24.5 Å². The molecule has 1 heterocycles. The van der Waals surface area contributed by atoms with Crippen LogP contribution in [0.25, 0.3) is 0 Å². The molecule has 0 aliphatic carbocycles. The number of hydrogen-bond acceptors (Lipinski definition) is 2. The first-order chi connectivity index (χ1) is 6.19. The zero-order chi connectivity index (χ0) is 9.84. The smallest absolute Gasteiger partial charge is 0.128 e. The highest BCUT2D eigenvalue weighted by Gasteiger charge is 2.02. The van der Waals surface area contributed by atoms with Gasteiger partial charge in [-0.3, -0.25) is 5.41 Å². The minimum atomic E-state index is 0.0297. The van der Waals surface area contributed by atoms with Gasteiger partial charge in [-0.25, -0.2) is 0 Å². The molecule has 0 aliphatic heterocycles. The minimum absolute atomic E-state index is 0.0297. The first kappa shape index (κ1) is 9.74. The van der Waals surface area contributed by atoms with E-state index < -0.39 is 0 Å². The summed E-state index contributed by atoms with van der Waals surface area (Å²) < 4.78 is 1.70. The Hall–Kier alpha value is -1.35. The average Bonchev–Trinajstić information content (AvgIpc) is 2.47. The van der Waals surface area contributed by atoms with Crippen LogP contribution in [0.3, 0.4) is 0 Å². The molecule has 0 spiro atoms. The van der Waals surface area contributed by atoms with E-state index in [1.807, 2.05) is 26.1 Å². The lowest BCUT2D eigenvalue weighted by molar-refractivity contribution is 0.281. The van der Waals surface area contributed by atoms with Crippen molar-refractivity contribution < 1.29 is 5.11 Å². The third-order valence-corrected chi connectivity index (χ3v) is 1.91. The highest BCUT2D eigenvalue weighted by Crippen LogP contribution is 2.09. The second-order valence-corrected chi connectivity index (χ2v) is 2.92. The molecule has 0 radical (unpaired) electrons. The topological polar surface area (TPSA) is 49.0 Å². The Morgan fingerprint density at radius 3 is 2.77 bits per heavy atom. The van der Waals surface area contributed by atoms with Gasteiger partial charge < -0.3 is 9.67 Å². The number of nitrogens with one attached hydrogen (secondary N) is 1. The molecule has 0 saturated heterocycles. The van der Waals surface area contributed by atoms with Crippen LogP contribution in [0.5, 0.6) is 0 Å². The summed E-state index contributed by atoms with van der Waals surface area (Å²) in [6, 6.07) is 0. The molecule has 0 atom stereocenters. The Morgan fingerprint density at radius 1 is 1.62 bits per heavy atom. The van der Waals surface area contributed by atoms with E-state index in [1.54, 1.807) is 16.8 Å². The summed E-state index contributed by atoms with van der Waals surface area (Å²) in [5.41, 5.74) is 1.88. The molecule has 13 heavy (non-hydrogen) atoms. The molecule has 0 aromatic carbocycles. The van der Waals surface area contributed by atoms with Crippen LogP contribution < -0.4 is 0 Å². The Kier molecular flexibility index (Phi) is 3.03. The molecular weight excluding hydrogens is 164 g/mol. The van der Waals surface area contributed by atoms with Crippen molar-refractivity contribution in [2.75, 3.05) is 0 Å². The maximum atomic E-state index is 8.94. The third kappa shape index (κ3) is 2.06. The Morgan fingerprint density at radius 2 is 2.31 bits per heavy atom. The lowest BCUT2D eigenvalue weighted by Gasteiger charge is -1.97. The quantitative estimate of drug-likeness (QED) is 0.525. The Labute approximate surface area is 77.8 Å². The van der Waals surface area contributed by atoms with E-state index in [4.69, 9.17) is 10.5 Å². The number of aryl methyl sites for hydroxylation is 1. The van der Waals surface area contributed by atoms with Crippen LogP contribution in [0.4, 0.5) is 0 Å². The minimum Gasteiger partial charge on any atom is -0.392 e. The molecule has 3 heteroatoms. The maximum Gasteiger partial charge on any atom is 0.128 e. The van der Waals surface area contributed by atoms with Crippen molar-refractivity contribution in [1.82, 2.24) is 4.57 Å². The van der Waals surface area contributed by atoms with Gasteiger partial charge >= 0.3 is 0 Å². The van der Waals surface area contributed by atoms with Gasteiger partial charge in [0.05, 0.1) is 6.61 Å². The highest BCUT2D eigenvalue weighted by molar-refractivity contribution is 5.92. The van der Waals surface area contributed by atoms with E-state index in [-0.39, 0.29) is 6.61 Å². The van der Waals surface area contributed by atoms with Gasteiger partial charge in [0.1, 0.15) is 5.84 Å². The van der Waals surface area contributed by atoms with Crippen molar-refractivity contribution in [3.05, 3.63) is 35.7 Å². The normalized spacial score (nSPS) is 11.0. The number of aliphatic hydroxyl groups is 1. The fourth-order valence-corrected chi connectivity index (χ4v) is 1.15. The number of nitrogens with zero attached hydrogens (tertiary/aromatic N) is 1. The number of aromatic nitrogens is 1. The summed E-state index contributed by atoms with van der Waals surface area (Å²) in [6.45, 7) is 3.82. The summed E-state index contributed by atoms with van der Waals surface area (Å²) in [6.07, 6.45) is 7.14. The molecule has 2 N–H and O–H groups in total. The first-order valence-electron chi connectivity index (χ1n) is 4.19. The third-order valence-electron chi connectivity index (χ3n) is 1.91. The highest BCUT2D eigenvalue weighted by atomic mass is 16.3. The van der Waals surface area contributed by atoms with E-state index in [2.05, 4.69) is 0 Å². The van der Waals surface area contributed by atoms with E-state index in [0.717, 1.165) is 11.1 Å². The fraction of sp³-hybridized carbons (Fsp3) is 0.300. The lowest BCUT2D eigenvalue weighted by atomic mass is 10.2. The van der Waals surface area contributed by atoms with Crippen LogP contribution in [-0.4, -0.2) is 15.5 Å². The molecule has 0 fully saturated rings. The molecule has 0 bridgehead atoms. The second-order valence-electron chi connectivity index (χ2n) is 2.92. The van der Waals surface area contributed by atoms with Crippen molar-refractivity contribution in [2.24, 2.45) is 0 Å².